The highest BCUT2D eigenvalue weighted by atomic mass is 35.5. The molecule has 0 bridgehead atoms. The molecule has 0 unspecified atom stereocenters. The summed E-state index contributed by atoms with van der Waals surface area (Å²) in [5.74, 6) is 0.673. The number of amidine groups is 1. The van der Waals surface area contributed by atoms with E-state index in [0.29, 0.717) is 5.84 Å². The minimum absolute atomic E-state index is 0.673. The minimum atomic E-state index is 0.673. The molecule has 124 valence electrons. The number of nitrogens with zero attached hydrogens (tertiary/aromatic N) is 4. The number of benzene rings is 3. The van der Waals surface area contributed by atoms with Gasteiger partial charge in [-0.25, -0.2) is 0 Å². The first kappa shape index (κ1) is 15.5. The van der Waals surface area contributed by atoms with E-state index in [-0.39, 0.29) is 0 Å². The fourth-order valence-electron chi connectivity index (χ4n) is 2.70. The predicted molar refractivity (Wildman–Crippen MR) is 103 cm³/mol. The lowest BCUT2D eigenvalue weighted by Gasteiger charge is -2.31. The molecule has 1 aliphatic heterocycles. The van der Waals surface area contributed by atoms with Crippen molar-refractivity contribution in [1.82, 2.24) is 4.53 Å². The molecule has 3 aromatic carbocycles. The SMILES string of the molecule is Cc1ccc(N2N=C(c3ccccc3)N(Cl)N2c2ccccc2)cc1. The summed E-state index contributed by atoms with van der Waals surface area (Å²) in [5.41, 5.74) is 4.01. The molecule has 0 saturated carbocycles. The van der Waals surface area contributed by atoms with E-state index in [0.717, 1.165) is 16.9 Å². The number of hydrazine groups is 2. The van der Waals surface area contributed by atoms with Crippen LogP contribution in [0.3, 0.4) is 0 Å². The second-order valence-corrected chi connectivity index (χ2v) is 6.12. The molecule has 0 atom stereocenters. The van der Waals surface area contributed by atoms with Crippen LogP contribution in [0, 0.1) is 6.92 Å². The van der Waals surface area contributed by atoms with Crippen molar-refractivity contribution in [2.45, 2.75) is 6.92 Å². The lowest BCUT2D eigenvalue weighted by Crippen LogP contribution is -2.43. The zero-order chi connectivity index (χ0) is 17.2. The molecular formula is C20H17ClN4. The molecule has 4 nitrogen and oxygen atoms in total. The number of hydrazone groups is 1. The Morgan fingerprint density at radius 1 is 0.720 bits per heavy atom. The fourth-order valence-corrected chi connectivity index (χ4v) is 2.98. The molecule has 0 aliphatic carbocycles. The summed E-state index contributed by atoms with van der Waals surface area (Å²) in [6.07, 6.45) is 0. The highest BCUT2D eigenvalue weighted by molar-refractivity contribution is 6.27. The zero-order valence-electron chi connectivity index (χ0n) is 13.7. The third kappa shape index (κ3) is 2.92. The monoisotopic (exact) mass is 348 g/mol. The van der Waals surface area contributed by atoms with E-state index in [4.69, 9.17) is 16.9 Å². The summed E-state index contributed by atoms with van der Waals surface area (Å²) in [6.45, 7) is 2.06. The topological polar surface area (TPSA) is 22.1 Å². The number of halogens is 1. The average molecular weight is 349 g/mol. The van der Waals surface area contributed by atoms with Gasteiger partial charge >= 0.3 is 0 Å². The minimum Gasteiger partial charge on any atom is -0.155 e. The number of rotatable bonds is 3. The number of hydrogen-bond acceptors (Lipinski definition) is 4. The molecule has 4 rings (SSSR count). The van der Waals surface area contributed by atoms with Crippen LogP contribution in [0.25, 0.3) is 0 Å². The second-order valence-electron chi connectivity index (χ2n) is 5.80. The maximum absolute atomic E-state index is 6.68. The maximum atomic E-state index is 6.68. The van der Waals surface area contributed by atoms with Crippen molar-refractivity contribution in [3.8, 4) is 0 Å². The molecule has 3 aromatic rings. The molecule has 25 heavy (non-hydrogen) atoms. The Morgan fingerprint density at radius 2 is 1.32 bits per heavy atom. The van der Waals surface area contributed by atoms with Gasteiger partial charge in [0.2, 0.25) is 0 Å². The van der Waals surface area contributed by atoms with Crippen molar-refractivity contribution in [1.29, 1.82) is 0 Å². The highest BCUT2D eigenvalue weighted by Crippen LogP contribution is 2.32. The van der Waals surface area contributed by atoms with E-state index in [1.54, 1.807) is 4.53 Å². The number of anilines is 2. The molecule has 0 saturated heterocycles. The van der Waals surface area contributed by atoms with Crippen LogP contribution in [0.4, 0.5) is 11.4 Å². The van der Waals surface area contributed by atoms with Gasteiger partial charge in [0, 0.05) is 17.3 Å². The van der Waals surface area contributed by atoms with Crippen molar-refractivity contribution in [2.75, 3.05) is 10.2 Å². The van der Waals surface area contributed by atoms with E-state index < -0.39 is 0 Å². The quantitative estimate of drug-likeness (QED) is 0.624. The molecule has 0 radical (unpaired) electrons. The largest absolute Gasteiger partial charge is 0.196 e. The molecular weight excluding hydrogens is 332 g/mol. The van der Waals surface area contributed by atoms with Crippen LogP contribution in [-0.4, -0.2) is 10.4 Å². The van der Waals surface area contributed by atoms with E-state index in [9.17, 15) is 0 Å². The van der Waals surface area contributed by atoms with E-state index in [1.165, 1.54) is 5.56 Å². The number of aryl methyl sites for hydroxylation is 1. The van der Waals surface area contributed by atoms with Gasteiger partial charge in [0.05, 0.1) is 11.4 Å². The van der Waals surface area contributed by atoms with Crippen LogP contribution in [0.1, 0.15) is 11.1 Å². The lowest BCUT2D eigenvalue weighted by atomic mass is 10.2. The molecule has 5 heteroatoms. The molecule has 0 aromatic heterocycles. The van der Waals surface area contributed by atoms with Crippen LogP contribution in [0.5, 0.6) is 0 Å². The summed E-state index contributed by atoms with van der Waals surface area (Å²) in [5, 5.41) is 8.42. The van der Waals surface area contributed by atoms with E-state index >= 15 is 0 Å². The van der Waals surface area contributed by atoms with Crippen LogP contribution in [0.2, 0.25) is 0 Å². The van der Waals surface area contributed by atoms with Gasteiger partial charge in [0.25, 0.3) is 0 Å². The van der Waals surface area contributed by atoms with Crippen molar-refractivity contribution in [3.63, 3.8) is 0 Å². The normalized spacial score (nSPS) is 14.0. The molecule has 1 aliphatic rings. The molecule has 0 N–H and O–H groups in total. The summed E-state index contributed by atoms with van der Waals surface area (Å²) < 4.78 is 1.55. The maximum Gasteiger partial charge on any atom is 0.196 e. The Balaban J connectivity index is 1.81. The van der Waals surface area contributed by atoms with Crippen LogP contribution in [0.15, 0.2) is 90.0 Å². The molecule has 1 heterocycles. The molecule has 0 spiro atoms. The van der Waals surface area contributed by atoms with Gasteiger partial charge in [0.15, 0.2) is 5.84 Å². The first-order valence-electron chi connectivity index (χ1n) is 8.06. The van der Waals surface area contributed by atoms with Gasteiger partial charge in [-0.2, -0.15) is 9.65 Å². The predicted octanol–water partition coefficient (Wildman–Crippen LogP) is 4.97. The fraction of sp³-hybridized carbons (Fsp3) is 0.0500. The van der Waals surface area contributed by atoms with Crippen LogP contribution in [-0.2, 0) is 0 Å². The summed E-state index contributed by atoms with van der Waals surface area (Å²) in [7, 11) is 0. The summed E-state index contributed by atoms with van der Waals surface area (Å²) in [6, 6.07) is 28.1. The Bertz CT molecular complexity index is 879. The van der Waals surface area contributed by atoms with Gasteiger partial charge in [-0.05, 0) is 31.2 Å². The Morgan fingerprint density at radius 3 is 1.96 bits per heavy atom. The smallest absolute Gasteiger partial charge is 0.155 e. The Kier molecular flexibility index (Phi) is 4.04. The van der Waals surface area contributed by atoms with Crippen molar-refractivity contribution in [3.05, 3.63) is 96.1 Å². The standard InChI is InChI=1S/C20H17ClN4/c1-16-12-14-18(15-13-16)24-22-20(17-8-4-2-5-9-17)23(21)25(24)19-10-6-3-7-11-19/h2-15H,1H3. The van der Waals surface area contributed by atoms with Crippen LogP contribution < -0.4 is 10.2 Å². The third-order valence-corrected chi connectivity index (χ3v) is 4.30. The zero-order valence-corrected chi connectivity index (χ0v) is 14.5. The first-order valence-corrected chi connectivity index (χ1v) is 8.39. The Labute approximate surface area is 152 Å². The summed E-state index contributed by atoms with van der Waals surface area (Å²) in [4.78, 5) is 0. The van der Waals surface area contributed by atoms with Gasteiger partial charge in [-0.15, -0.1) is 10.2 Å². The second kappa shape index (κ2) is 6.49. The van der Waals surface area contributed by atoms with Crippen molar-refractivity contribution >= 4 is 29.0 Å². The first-order chi connectivity index (χ1) is 12.2. The van der Waals surface area contributed by atoms with E-state index in [2.05, 4.69) is 19.1 Å². The number of para-hydroxylation sites is 1. The lowest BCUT2D eigenvalue weighted by molar-refractivity contribution is 0.603. The van der Waals surface area contributed by atoms with Gasteiger partial charge in [0.1, 0.15) is 0 Å². The number of hydrogen-bond donors (Lipinski definition) is 0. The van der Waals surface area contributed by atoms with E-state index in [1.807, 2.05) is 83.0 Å². The average Bonchev–Trinajstić information content (AvgIpc) is 3.01. The molecule has 0 amide bonds. The molecule has 0 fully saturated rings. The summed E-state index contributed by atoms with van der Waals surface area (Å²) >= 11 is 6.68. The van der Waals surface area contributed by atoms with Crippen molar-refractivity contribution < 1.29 is 0 Å². The van der Waals surface area contributed by atoms with Gasteiger partial charge in [-0.1, -0.05) is 66.2 Å². The third-order valence-electron chi connectivity index (χ3n) is 3.99. The van der Waals surface area contributed by atoms with Gasteiger partial charge in [-0.3, -0.25) is 0 Å². The highest BCUT2D eigenvalue weighted by Gasteiger charge is 2.33. The van der Waals surface area contributed by atoms with Crippen molar-refractivity contribution in [2.24, 2.45) is 5.10 Å². The Hall–Kier alpha value is -2.98. The van der Waals surface area contributed by atoms with Gasteiger partial charge < -0.3 is 0 Å². The van der Waals surface area contributed by atoms with Crippen LogP contribution >= 0.6 is 11.8 Å².